The molecule has 1 aliphatic heterocycles. The van der Waals surface area contributed by atoms with E-state index in [1.54, 1.807) is 31.4 Å². The normalized spacial score (nSPS) is 16.4. The van der Waals surface area contributed by atoms with Crippen molar-refractivity contribution in [2.45, 2.75) is 49.7 Å². The molecule has 0 atom stereocenters. The van der Waals surface area contributed by atoms with Crippen LogP contribution in [0.4, 0.5) is 13.2 Å². The fraction of sp³-hybridized carbons (Fsp3) is 0.394. The number of amides is 2. The molecule has 1 heterocycles. The number of halogens is 3. The molecule has 2 aliphatic rings. The fourth-order valence-corrected chi connectivity index (χ4v) is 6.34. The standard InChI is InChI=1S/C33H36F3N3O3/c1-42-25-10-8-9-23(21-25)30(40)38-24-15-19-39(20-16-24)18-7-6-17-32(31(41)37-22-33(34,35)36)28-13-4-2-11-26(28)27-12-3-5-14-29(27)32/h2-5,8-14,21,24H,6-7,15-20,22H2,1H3,(H,37,41)(H,38,40). The molecule has 0 aromatic heterocycles. The van der Waals surface area contributed by atoms with E-state index < -0.39 is 24.0 Å². The first-order valence-electron chi connectivity index (χ1n) is 14.4. The van der Waals surface area contributed by atoms with Crippen LogP contribution in [0.5, 0.6) is 5.75 Å². The average molecular weight is 580 g/mol. The van der Waals surface area contributed by atoms with Crippen LogP contribution in [0.3, 0.4) is 0 Å². The maximum Gasteiger partial charge on any atom is 0.405 e. The predicted molar refractivity (Wildman–Crippen MR) is 155 cm³/mol. The third kappa shape index (κ3) is 6.31. The highest BCUT2D eigenvalue weighted by molar-refractivity contribution is 6.00. The number of nitrogens with one attached hydrogen (secondary N) is 2. The van der Waals surface area contributed by atoms with Gasteiger partial charge in [-0.1, -0.05) is 61.0 Å². The molecule has 0 unspecified atom stereocenters. The molecular formula is C33H36F3N3O3. The zero-order chi connectivity index (χ0) is 29.7. The first kappa shape index (κ1) is 29.6. The number of alkyl halides is 3. The maximum absolute atomic E-state index is 13.6. The molecule has 222 valence electrons. The Balaban J connectivity index is 1.19. The second-order valence-electron chi connectivity index (χ2n) is 11.1. The highest BCUT2D eigenvalue weighted by Crippen LogP contribution is 2.51. The summed E-state index contributed by atoms with van der Waals surface area (Å²) in [7, 11) is 1.57. The predicted octanol–water partition coefficient (Wildman–Crippen LogP) is 5.70. The lowest BCUT2D eigenvalue weighted by atomic mass is 9.73. The lowest BCUT2D eigenvalue weighted by Gasteiger charge is -2.33. The summed E-state index contributed by atoms with van der Waals surface area (Å²) in [5.41, 5.74) is 2.72. The monoisotopic (exact) mass is 579 g/mol. The molecule has 0 spiro atoms. The van der Waals surface area contributed by atoms with Crippen LogP contribution in [0.2, 0.25) is 0 Å². The number of unbranched alkanes of at least 4 members (excludes halogenated alkanes) is 1. The van der Waals surface area contributed by atoms with Gasteiger partial charge in [-0.05, 0) is 72.7 Å². The third-order valence-electron chi connectivity index (χ3n) is 8.43. The van der Waals surface area contributed by atoms with Gasteiger partial charge in [0.25, 0.3) is 5.91 Å². The van der Waals surface area contributed by atoms with Gasteiger partial charge in [-0.3, -0.25) is 9.59 Å². The topological polar surface area (TPSA) is 70.7 Å². The van der Waals surface area contributed by atoms with Crippen molar-refractivity contribution in [1.29, 1.82) is 0 Å². The summed E-state index contributed by atoms with van der Waals surface area (Å²) in [4.78, 5) is 28.7. The van der Waals surface area contributed by atoms with Gasteiger partial charge in [-0.25, -0.2) is 0 Å². The zero-order valence-electron chi connectivity index (χ0n) is 23.7. The lowest BCUT2D eigenvalue weighted by molar-refractivity contribution is -0.141. The highest BCUT2D eigenvalue weighted by atomic mass is 19.4. The molecule has 1 saturated heterocycles. The van der Waals surface area contributed by atoms with Crippen LogP contribution in [0, 0.1) is 0 Å². The van der Waals surface area contributed by atoms with Crippen LogP contribution >= 0.6 is 0 Å². The van der Waals surface area contributed by atoms with E-state index >= 15 is 0 Å². The fourth-order valence-electron chi connectivity index (χ4n) is 6.34. The van der Waals surface area contributed by atoms with Gasteiger partial charge in [-0.2, -0.15) is 13.2 Å². The highest BCUT2D eigenvalue weighted by Gasteiger charge is 2.49. The second kappa shape index (κ2) is 12.6. The van der Waals surface area contributed by atoms with Gasteiger partial charge in [0.15, 0.2) is 0 Å². The number of methoxy groups -OCH3 is 1. The maximum atomic E-state index is 13.6. The molecule has 3 aromatic carbocycles. The second-order valence-corrected chi connectivity index (χ2v) is 11.1. The van der Waals surface area contributed by atoms with Gasteiger partial charge in [0.1, 0.15) is 17.7 Å². The summed E-state index contributed by atoms with van der Waals surface area (Å²) in [5.74, 6) is -0.0787. The van der Waals surface area contributed by atoms with Crippen molar-refractivity contribution in [2.75, 3.05) is 33.3 Å². The minimum Gasteiger partial charge on any atom is -0.497 e. The van der Waals surface area contributed by atoms with E-state index in [9.17, 15) is 22.8 Å². The van der Waals surface area contributed by atoms with Crippen molar-refractivity contribution in [1.82, 2.24) is 15.5 Å². The Hall–Kier alpha value is -3.85. The van der Waals surface area contributed by atoms with Crippen molar-refractivity contribution in [3.05, 3.63) is 89.5 Å². The Morgan fingerprint density at radius 3 is 2.19 bits per heavy atom. The van der Waals surface area contributed by atoms with E-state index in [-0.39, 0.29) is 11.9 Å². The molecule has 1 aliphatic carbocycles. The number of benzene rings is 3. The van der Waals surface area contributed by atoms with E-state index in [0.29, 0.717) is 24.2 Å². The van der Waals surface area contributed by atoms with Gasteiger partial charge in [0.05, 0.1) is 7.11 Å². The Labute approximate surface area is 244 Å². The number of piperidine rings is 1. The number of rotatable bonds is 10. The number of hydrogen-bond acceptors (Lipinski definition) is 4. The van der Waals surface area contributed by atoms with E-state index in [2.05, 4.69) is 15.5 Å². The molecule has 3 aromatic rings. The van der Waals surface area contributed by atoms with E-state index in [4.69, 9.17) is 4.74 Å². The van der Waals surface area contributed by atoms with Crippen LogP contribution < -0.4 is 15.4 Å². The molecule has 0 radical (unpaired) electrons. The molecule has 1 fully saturated rings. The van der Waals surface area contributed by atoms with Gasteiger partial charge in [0, 0.05) is 24.7 Å². The lowest BCUT2D eigenvalue weighted by Crippen LogP contribution is -2.47. The Kier molecular flexibility index (Phi) is 8.87. The van der Waals surface area contributed by atoms with Gasteiger partial charge in [0.2, 0.25) is 5.91 Å². The van der Waals surface area contributed by atoms with Crippen LogP contribution in [0.25, 0.3) is 11.1 Å². The smallest absolute Gasteiger partial charge is 0.405 e. The largest absolute Gasteiger partial charge is 0.497 e. The minimum atomic E-state index is -4.49. The Morgan fingerprint density at radius 1 is 0.929 bits per heavy atom. The quantitative estimate of drug-likeness (QED) is 0.302. The number of nitrogens with zero attached hydrogens (tertiary/aromatic N) is 1. The number of fused-ring (bicyclic) bond motifs is 3. The number of ether oxygens (including phenoxy) is 1. The van der Waals surface area contributed by atoms with Gasteiger partial charge in [-0.15, -0.1) is 0 Å². The number of carbonyl (C=O) groups is 2. The molecule has 9 heteroatoms. The SMILES string of the molecule is COc1cccc(C(=O)NC2CCN(CCCCC3(C(=O)NCC(F)(F)F)c4ccccc4-c4ccccc43)CC2)c1. The molecule has 0 bridgehead atoms. The molecular weight excluding hydrogens is 543 g/mol. The van der Waals surface area contributed by atoms with Gasteiger partial charge >= 0.3 is 6.18 Å². The van der Waals surface area contributed by atoms with E-state index in [0.717, 1.165) is 61.2 Å². The van der Waals surface area contributed by atoms with Crippen LogP contribution in [-0.2, 0) is 10.2 Å². The van der Waals surface area contributed by atoms with E-state index in [1.807, 2.05) is 48.5 Å². The Bertz CT molecular complexity index is 1370. The first-order valence-corrected chi connectivity index (χ1v) is 14.4. The van der Waals surface area contributed by atoms with Gasteiger partial charge < -0.3 is 20.3 Å². The van der Waals surface area contributed by atoms with Crippen molar-refractivity contribution in [3.8, 4) is 16.9 Å². The molecule has 0 saturated carbocycles. The summed E-state index contributed by atoms with van der Waals surface area (Å²) >= 11 is 0. The van der Waals surface area contributed by atoms with Crippen molar-refractivity contribution < 1.29 is 27.5 Å². The Morgan fingerprint density at radius 2 is 1.57 bits per heavy atom. The van der Waals surface area contributed by atoms with Crippen molar-refractivity contribution in [2.24, 2.45) is 0 Å². The molecule has 5 rings (SSSR count). The van der Waals surface area contributed by atoms with Crippen LogP contribution in [-0.4, -0.2) is 62.2 Å². The summed E-state index contributed by atoms with van der Waals surface area (Å²) in [6, 6.07) is 22.2. The molecule has 42 heavy (non-hydrogen) atoms. The third-order valence-corrected chi connectivity index (χ3v) is 8.43. The average Bonchev–Trinajstić information content (AvgIpc) is 3.29. The number of likely N-dealkylation sites (tertiary alicyclic amines) is 1. The zero-order valence-corrected chi connectivity index (χ0v) is 23.7. The molecule has 2 N–H and O–H groups in total. The summed E-state index contributed by atoms with van der Waals surface area (Å²) in [6.07, 6.45) is -0.930. The van der Waals surface area contributed by atoms with Crippen LogP contribution in [0.1, 0.15) is 53.6 Å². The van der Waals surface area contributed by atoms with E-state index in [1.165, 1.54) is 0 Å². The molecule has 6 nitrogen and oxygen atoms in total. The van der Waals surface area contributed by atoms with Crippen molar-refractivity contribution in [3.63, 3.8) is 0 Å². The van der Waals surface area contributed by atoms with Crippen LogP contribution in [0.15, 0.2) is 72.8 Å². The first-order chi connectivity index (χ1) is 20.2. The minimum absolute atomic E-state index is 0.0899. The molecule has 2 amide bonds. The summed E-state index contributed by atoms with van der Waals surface area (Å²) < 4.78 is 44.5. The number of carbonyl (C=O) groups excluding carboxylic acids is 2. The summed E-state index contributed by atoms with van der Waals surface area (Å²) in [5, 5.41) is 5.32. The number of hydrogen-bond donors (Lipinski definition) is 2. The summed E-state index contributed by atoms with van der Waals surface area (Å²) in [6.45, 7) is 1.14. The van der Waals surface area contributed by atoms with Crippen molar-refractivity contribution >= 4 is 11.8 Å².